The highest BCUT2D eigenvalue weighted by atomic mass is 35.5. The molecule has 0 aromatic heterocycles. The molecule has 0 unspecified atom stereocenters. The zero-order valence-corrected chi connectivity index (χ0v) is 10.8. The van der Waals surface area contributed by atoms with E-state index < -0.39 is 0 Å². The minimum absolute atomic E-state index is 0.111. The number of carbonyl (C=O) groups is 1. The fourth-order valence-corrected chi connectivity index (χ4v) is 1.47. The highest BCUT2D eigenvalue weighted by molar-refractivity contribution is 6.26. The molecule has 0 saturated carbocycles. The second-order valence-electron chi connectivity index (χ2n) is 3.34. The third-order valence-corrected chi connectivity index (χ3v) is 2.30. The predicted molar refractivity (Wildman–Crippen MR) is 71.8 cm³/mol. The van der Waals surface area contributed by atoms with Crippen molar-refractivity contribution in [3.63, 3.8) is 0 Å². The highest BCUT2D eigenvalue weighted by Crippen LogP contribution is 2.18. The van der Waals surface area contributed by atoms with E-state index in [0.717, 1.165) is 17.6 Å². The summed E-state index contributed by atoms with van der Waals surface area (Å²) < 4.78 is 0. The van der Waals surface area contributed by atoms with E-state index in [2.05, 4.69) is 5.32 Å². The normalized spacial score (nSPS) is 12.9. The molecule has 0 aliphatic rings. The molecule has 94 valence electrons. The molecule has 0 spiro atoms. The first-order valence-corrected chi connectivity index (χ1v) is 5.74. The molecule has 1 amide bonds. The minimum Gasteiger partial charge on any atom is -0.370 e. The van der Waals surface area contributed by atoms with Crippen molar-refractivity contribution >= 4 is 23.5 Å². The standard InChI is InChI=1S/C12H18ClN3O/c1-3-5-6-9(4-2)10(8-13)7-11(17)16-12(14)15/h3,5-6,8H,4,7H2,1-2H3,(H4,14,15,16,17)/b5-3-,9-6-,10-8+. The van der Waals surface area contributed by atoms with E-state index in [4.69, 9.17) is 22.7 Å². The second kappa shape index (κ2) is 8.58. The van der Waals surface area contributed by atoms with Gasteiger partial charge in [-0.2, -0.15) is 0 Å². The summed E-state index contributed by atoms with van der Waals surface area (Å²) in [4.78, 5) is 11.4. The number of hydrogen-bond donors (Lipinski definition) is 3. The quantitative estimate of drug-likeness (QED) is 0.401. The Balaban J connectivity index is 4.73. The van der Waals surface area contributed by atoms with Crippen molar-refractivity contribution in [3.8, 4) is 0 Å². The molecule has 0 heterocycles. The molecule has 0 bridgehead atoms. The Hall–Kier alpha value is -1.55. The van der Waals surface area contributed by atoms with E-state index in [0.29, 0.717) is 0 Å². The second-order valence-corrected chi connectivity index (χ2v) is 3.56. The van der Waals surface area contributed by atoms with Gasteiger partial charge in [-0.25, -0.2) is 0 Å². The molecule has 0 rings (SSSR count). The van der Waals surface area contributed by atoms with Crippen LogP contribution in [0, 0.1) is 5.41 Å². The van der Waals surface area contributed by atoms with Gasteiger partial charge in [0, 0.05) is 5.54 Å². The summed E-state index contributed by atoms with van der Waals surface area (Å²) in [5, 5.41) is 9.18. The van der Waals surface area contributed by atoms with Gasteiger partial charge < -0.3 is 5.73 Å². The van der Waals surface area contributed by atoms with Gasteiger partial charge in [0.25, 0.3) is 0 Å². The summed E-state index contributed by atoms with van der Waals surface area (Å²) in [6, 6.07) is 0. The first-order valence-electron chi connectivity index (χ1n) is 5.30. The van der Waals surface area contributed by atoms with Crippen molar-refractivity contribution in [2.24, 2.45) is 5.73 Å². The number of hydrogen-bond acceptors (Lipinski definition) is 2. The zero-order valence-electron chi connectivity index (χ0n) is 10.1. The molecule has 4 nitrogen and oxygen atoms in total. The molecule has 0 radical (unpaired) electrons. The molecular formula is C12H18ClN3O. The number of amides is 1. The maximum atomic E-state index is 11.4. The van der Waals surface area contributed by atoms with Gasteiger partial charge in [-0.15, -0.1) is 0 Å². The van der Waals surface area contributed by atoms with Crippen LogP contribution in [0.5, 0.6) is 0 Å². The van der Waals surface area contributed by atoms with Gasteiger partial charge in [0.15, 0.2) is 5.96 Å². The topological polar surface area (TPSA) is 79.0 Å². The predicted octanol–water partition coefficient (Wildman–Crippen LogP) is 2.42. The van der Waals surface area contributed by atoms with Crippen LogP contribution < -0.4 is 11.1 Å². The van der Waals surface area contributed by atoms with E-state index in [1.807, 2.05) is 32.1 Å². The Labute approximate surface area is 107 Å². The molecule has 5 heteroatoms. The maximum absolute atomic E-state index is 11.4. The van der Waals surface area contributed by atoms with Crippen molar-refractivity contribution in [1.29, 1.82) is 5.41 Å². The van der Waals surface area contributed by atoms with Gasteiger partial charge in [0.1, 0.15) is 0 Å². The minimum atomic E-state index is -0.362. The lowest BCUT2D eigenvalue weighted by atomic mass is 10.0. The lowest BCUT2D eigenvalue weighted by Crippen LogP contribution is -2.35. The number of nitrogens with one attached hydrogen (secondary N) is 2. The van der Waals surface area contributed by atoms with Gasteiger partial charge in [-0.1, -0.05) is 36.8 Å². The Bertz CT molecular complexity index is 370. The fourth-order valence-electron chi connectivity index (χ4n) is 1.25. The van der Waals surface area contributed by atoms with Crippen LogP contribution in [0.4, 0.5) is 0 Å². The van der Waals surface area contributed by atoms with Crippen molar-refractivity contribution in [3.05, 3.63) is 34.9 Å². The lowest BCUT2D eigenvalue weighted by Gasteiger charge is -2.09. The Kier molecular flexibility index (Phi) is 7.80. The van der Waals surface area contributed by atoms with E-state index >= 15 is 0 Å². The van der Waals surface area contributed by atoms with Gasteiger partial charge in [-0.3, -0.25) is 15.5 Å². The van der Waals surface area contributed by atoms with Crippen LogP contribution in [0.25, 0.3) is 0 Å². The Morgan fingerprint density at radius 1 is 1.47 bits per heavy atom. The zero-order chi connectivity index (χ0) is 13.3. The van der Waals surface area contributed by atoms with Crippen molar-refractivity contribution in [2.45, 2.75) is 26.7 Å². The largest absolute Gasteiger partial charge is 0.370 e. The van der Waals surface area contributed by atoms with Crippen molar-refractivity contribution in [2.75, 3.05) is 0 Å². The van der Waals surface area contributed by atoms with Gasteiger partial charge in [-0.05, 0) is 24.5 Å². The van der Waals surface area contributed by atoms with Crippen LogP contribution in [-0.4, -0.2) is 11.9 Å². The van der Waals surface area contributed by atoms with Crippen LogP contribution in [0.2, 0.25) is 0 Å². The summed E-state index contributed by atoms with van der Waals surface area (Å²) in [6.45, 7) is 3.90. The number of rotatable bonds is 5. The molecule has 0 atom stereocenters. The summed E-state index contributed by atoms with van der Waals surface area (Å²) >= 11 is 5.71. The maximum Gasteiger partial charge on any atom is 0.231 e. The first-order chi connectivity index (χ1) is 8.04. The summed E-state index contributed by atoms with van der Waals surface area (Å²) in [5.74, 6) is -0.705. The van der Waals surface area contributed by atoms with Crippen LogP contribution in [-0.2, 0) is 4.79 Å². The molecule has 0 aliphatic heterocycles. The smallest absolute Gasteiger partial charge is 0.231 e. The van der Waals surface area contributed by atoms with E-state index in [1.165, 1.54) is 5.54 Å². The van der Waals surface area contributed by atoms with E-state index in [1.54, 1.807) is 0 Å². The average molecular weight is 256 g/mol. The monoisotopic (exact) mass is 255 g/mol. The van der Waals surface area contributed by atoms with E-state index in [9.17, 15) is 4.79 Å². The number of allylic oxidation sites excluding steroid dienone is 4. The van der Waals surface area contributed by atoms with Gasteiger partial charge in [0.05, 0.1) is 6.42 Å². The molecule has 17 heavy (non-hydrogen) atoms. The summed E-state index contributed by atoms with van der Waals surface area (Å²) in [5.41, 5.74) is 8.17. The SMILES string of the molecule is C\C=C/C=C(CC)\C(=C\Cl)CC(=O)NC(=N)N. The van der Waals surface area contributed by atoms with Crippen molar-refractivity contribution in [1.82, 2.24) is 5.32 Å². The molecule has 0 aliphatic carbocycles. The molecule has 0 saturated heterocycles. The molecule has 0 aromatic rings. The van der Waals surface area contributed by atoms with Gasteiger partial charge in [0.2, 0.25) is 5.91 Å². The van der Waals surface area contributed by atoms with Crippen LogP contribution >= 0.6 is 11.6 Å². The first kappa shape index (κ1) is 15.4. The number of carbonyl (C=O) groups excluding carboxylic acids is 1. The number of halogens is 1. The number of guanidine groups is 1. The van der Waals surface area contributed by atoms with Crippen LogP contribution in [0.1, 0.15) is 26.7 Å². The molecule has 4 N–H and O–H groups in total. The van der Waals surface area contributed by atoms with E-state index in [-0.39, 0.29) is 18.3 Å². The fraction of sp³-hybridized carbons (Fsp3) is 0.333. The van der Waals surface area contributed by atoms with Crippen LogP contribution in [0.3, 0.4) is 0 Å². The molecule has 0 fully saturated rings. The highest BCUT2D eigenvalue weighted by Gasteiger charge is 2.09. The van der Waals surface area contributed by atoms with Crippen molar-refractivity contribution < 1.29 is 4.79 Å². The Morgan fingerprint density at radius 3 is 2.53 bits per heavy atom. The number of nitrogens with two attached hydrogens (primary N) is 1. The third kappa shape index (κ3) is 6.58. The summed E-state index contributed by atoms with van der Waals surface area (Å²) in [7, 11) is 0. The third-order valence-electron chi connectivity index (χ3n) is 2.04. The van der Waals surface area contributed by atoms with Gasteiger partial charge >= 0.3 is 0 Å². The Morgan fingerprint density at radius 2 is 2.12 bits per heavy atom. The molecular weight excluding hydrogens is 238 g/mol. The lowest BCUT2D eigenvalue weighted by molar-refractivity contribution is -0.119. The summed E-state index contributed by atoms with van der Waals surface area (Å²) in [6.07, 6.45) is 6.59. The van der Waals surface area contributed by atoms with Crippen LogP contribution in [0.15, 0.2) is 34.9 Å². The average Bonchev–Trinajstić information content (AvgIpc) is 2.27. The molecule has 0 aromatic carbocycles.